The summed E-state index contributed by atoms with van der Waals surface area (Å²) in [6, 6.07) is 6.50. The standard InChI is InChI=1S/C14H15N3O3/c1-17-9-10(8-16-17)7-15-13(18)6-11-4-2-3-5-12(11)14(19)20/h2-5,8-9H,6-7H2,1H3,(H,15,18)(H,19,20). The molecule has 0 atom stereocenters. The van der Waals surface area contributed by atoms with Crippen molar-refractivity contribution in [3.05, 3.63) is 53.3 Å². The monoisotopic (exact) mass is 273 g/mol. The minimum atomic E-state index is -1.03. The van der Waals surface area contributed by atoms with Crippen molar-refractivity contribution in [2.45, 2.75) is 13.0 Å². The van der Waals surface area contributed by atoms with Crippen LogP contribution in [0.15, 0.2) is 36.7 Å². The molecule has 2 aromatic rings. The number of benzene rings is 1. The molecule has 20 heavy (non-hydrogen) atoms. The molecule has 1 heterocycles. The predicted octanol–water partition coefficient (Wildman–Crippen LogP) is 0.977. The summed E-state index contributed by atoms with van der Waals surface area (Å²) in [5, 5.41) is 15.8. The average molecular weight is 273 g/mol. The van der Waals surface area contributed by atoms with Gasteiger partial charge in [0, 0.05) is 25.4 Å². The van der Waals surface area contributed by atoms with Gasteiger partial charge in [-0.15, -0.1) is 0 Å². The lowest BCUT2D eigenvalue weighted by molar-refractivity contribution is -0.120. The normalized spacial score (nSPS) is 10.2. The smallest absolute Gasteiger partial charge is 0.335 e. The Morgan fingerprint density at radius 2 is 2.10 bits per heavy atom. The van der Waals surface area contributed by atoms with Gasteiger partial charge in [-0.05, 0) is 11.6 Å². The van der Waals surface area contributed by atoms with Crippen molar-refractivity contribution in [2.24, 2.45) is 7.05 Å². The fourth-order valence-corrected chi connectivity index (χ4v) is 1.88. The van der Waals surface area contributed by atoms with Crippen LogP contribution in [0.1, 0.15) is 21.5 Å². The molecular formula is C14H15N3O3. The van der Waals surface area contributed by atoms with Crippen molar-refractivity contribution in [1.29, 1.82) is 0 Å². The highest BCUT2D eigenvalue weighted by Crippen LogP contribution is 2.09. The van der Waals surface area contributed by atoms with Gasteiger partial charge in [0.15, 0.2) is 0 Å². The molecule has 0 saturated carbocycles. The summed E-state index contributed by atoms with van der Waals surface area (Å²) in [5.74, 6) is -1.25. The number of hydrogen-bond acceptors (Lipinski definition) is 3. The lowest BCUT2D eigenvalue weighted by Crippen LogP contribution is -2.25. The third-order valence-corrected chi connectivity index (χ3v) is 2.85. The first kappa shape index (κ1) is 13.8. The lowest BCUT2D eigenvalue weighted by atomic mass is 10.0. The van der Waals surface area contributed by atoms with E-state index in [1.165, 1.54) is 6.07 Å². The molecule has 0 bridgehead atoms. The summed E-state index contributed by atoms with van der Waals surface area (Å²) in [4.78, 5) is 22.9. The molecule has 1 aromatic heterocycles. The summed E-state index contributed by atoms with van der Waals surface area (Å²) >= 11 is 0. The molecule has 2 N–H and O–H groups in total. The Balaban J connectivity index is 1.96. The largest absolute Gasteiger partial charge is 0.478 e. The SMILES string of the molecule is Cn1cc(CNC(=O)Cc2ccccc2C(=O)O)cn1. The molecule has 0 saturated heterocycles. The Morgan fingerprint density at radius 3 is 2.75 bits per heavy atom. The maximum atomic E-state index is 11.8. The van der Waals surface area contributed by atoms with Gasteiger partial charge in [0.1, 0.15) is 0 Å². The van der Waals surface area contributed by atoms with Crippen LogP contribution in [0.2, 0.25) is 0 Å². The van der Waals surface area contributed by atoms with Gasteiger partial charge in [0.25, 0.3) is 0 Å². The first-order valence-electron chi connectivity index (χ1n) is 6.11. The van der Waals surface area contributed by atoms with E-state index in [1.54, 1.807) is 36.1 Å². The van der Waals surface area contributed by atoms with E-state index in [0.717, 1.165) is 5.56 Å². The molecule has 104 valence electrons. The zero-order chi connectivity index (χ0) is 14.5. The topological polar surface area (TPSA) is 84.2 Å². The second-order valence-corrected chi connectivity index (χ2v) is 4.44. The minimum absolute atomic E-state index is 0.0444. The number of aromatic nitrogens is 2. The minimum Gasteiger partial charge on any atom is -0.478 e. The van der Waals surface area contributed by atoms with E-state index in [1.807, 2.05) is 6.20 Å². The number of rotatable bonds is 5. The molecule has 2 rings (SSSR count). The molecule has 0 spiro atoms. The second kappa shape index (κ2) is 6.01. The zero-order valence-corrected chi connectivity index (χ0v) is 11.0. The van der Waals surface area contributed by atoms with Crippen molar-refractivity contribution in [3.63, 3.8) is 0 Å². The van der Waals surface area contributed by atoms with Gasteiger partial charge in [0.2, 0.25) is 5.91 Å². The second-order valence-electron chi connectivity index (χ2n) is 4.44. The summed E-state index contributed by atoms with van der Waals surface area (Å²) < 4.78 is 1.65. The van der Waals surface area contributed by atoms with E-state index in [2.05, 4.69) is 10.4 Å². The van der Waals surface area contributed by atoms with Gasteiger partial charge >= 0.3 is 5.97 Å². The average Bonchev–Trinajstić information content (AvgIpc) is 2.83. The van der Waals surface area contributed by atoms with Crippen molar-refractivity contribution >= 4 is 11.9 Å². The quantitative estimate of drug-likeness (QED) is 0.850. The van der Waals surface area contributed by atoms with Crippen molar-refractivity contribution in [2.75, 3.05) is 0 Å². The molecule has 0 unspecified atom stereocenters. The van der Waals surface area contributed by atoms with Gasteiger partial charge in [0.05, 0.1) is 18.2 Å². The first-order valence-corrected chi connectivity index (χ1v) is 6.11. The van der Waals surface area contributed by atoms with Gasteiger partial charge in [-0.25, -0.2) is 4.79 Å². The summed E-state index contributed by atoms with van der Waals surface area (Å²) in [6.45, 7) is 0.377. The Labute approximate surface area is 116 Å². The fraction of sp³-hybridized carbons (Fsp3) is 0.214. The molecule has 0 aliphatic carbocycles. The number of carboxylic acid groups (broad SMARTS) is 1. The molecule has 1 aromatic carbocycles. The Kier molecular flexibility index (Phi) is 4.14. The Hall–Kier alpha value is -2.63. The molecule has 0 aliphatic rings. The van der Waals surface area contributed by atoms with Crippen LogP contribution in [0.25, 0.3) is 0 Å². The molecule has 6 nitrogen and oxygen atoms in total. The van der Waals surface area contributed by atoms with E-state index in [0.29, 0.717) is 12.1 Å². The van der Waals surface area contributed by atoms with E-state index in [9.17, 15) is 9.59 Å². The zero-order valence-electron chi connectivity index (χ0n) is 11.0. The predicted molar refractivity (Wildman–Crippen MR) is 72.2 cm³/mol. The van der Waals surface area contributed by atoms with E-state index >= 15 is 0 Å². The number of carbonyl (C=O) groups excluding carboxylic acids is 1. The highest BCUT2D eigenvalue weighted by atomic mass is 16.4. The summed E-state index contributed by atoms with van der Waals surface area (Å²) in [7, 11) is 1.80. The van der Waals surface area contributed by atoms with Crippen LogP contribution < -0.4 is 5.32 Å². The van der Waals surface area contributed by atoms with Crippen LogP contribution in [0.5, 0.6) is 0 Å². The fourth-order valence-electron chi connectivity index (χ4n) is 1.88. The third kappa shape index (κ3) is 3.44. The van der Waals surface area contributed by atoms with Crippen LogP contribution >= 0.6 is 0 Å². The van der Waals surface area contributed by atoms with E-state index in [-0.39, 0.29) is 17.9 Å². The maximum Gasteiger partial charge on any atom is 0.335 e. The van der Waals surface area contributed by atoms with Crippen molar-refractivity contribution in [1.82, 2.24) is 15.1 Å². The number of aromatic carboxylic acids is 1. The van der Waals surface area contributed by atoms with Crippen LogP contribution in [-0.4, -0.2) is 26.8 Å². The summed E-state index contributed by atoms with van der Waals surface area (Å²) in [6.07, 6.45) is 3.53. The van der Waals surface area contributed by atoms with Crippen LogP contribution in [0, 0.1) is 0 Å². The van der Waals surface area contributed by atoms with Gasteiger partial charge in [-0.2, -0.15) is 5.10 Å². The van der Waals surface area contributed by atoms with Gasteiger partial charge in [-0.3, -0.25) is 9.48 Å². The number of nitrogens with zero attached hydrogens (tertiary/aromatic N) is 2. The van der Waals surface area contributed by atoms with E-state index in [4.69, 9.17) is 5.11 Å². The maximum absolute atomic E-state index is 11.8. The molecule has 6 heteroatoms. The van der Waals surface area contributed by atoms with Crippen LogP contribution in [0.4, 0.5) is 0 Å². The highest BCUT2D eigenvalue weighted by Gasteiger charge is 2.12. The lowest BCUT2D eigenvalue weighted by Gasteiger charge is -2.06. The van der Waals surface area contributed by atoms with Crippen LogP contribution in [0.3, 0.4) is 0 Å². The number of carbonyl (C=O) groups is 2. The molecule has 0 fully saturated rings. The molecule has 1 amide bonds. The molecule has 0 aliphatic heterocycles. The Bertz CT molecular complexity index is 634. The molecular weight excluding hydrogens is 258 g/mol. The number of aryl methyl sites for hydroxylation is 1. The first-order chi connectivity index (χ1) is 9.56. The summed E-state index contributed by atoms with van der Waals surface area (Å²) in [5.41, 5.74) is 1.56. The highest BCUT2D eigenvalue weighted by molar-refractivity contribution is 5.91. The van der Waals surface area contributed by atoms with Gasteiger partial charge < -0.3 is 10.4 Å². The number of hydrogen-bond donors (Lipinski definition) is 2. The number of amides is 1. The van der Waals surface area contributed by atoms with Gasteiger partial charge in [-0.1, -0.05) is 18.2 Å². The van der Waals surface area contributed by atoms with Crippen molar-refractivity contribution < 1.29 is 14.7 Å². The molecule has 0 radical (unpaired) electrons. The number of carboxylic acids is 1. The van der Waals surface area contributed by atoms with Crippen molar-refractivity contribution in [3.8, 4) is 0 Å². The number of nitrogens with one attached hydrogen (secondary N) is 1. The van der Waals surface area contributed by atoms with Crippen LogP contribution in [-0.2, 0) is 24.8 Å². The van der Waals surface area contributed by atoms with E-state index < -0.39 is 5.97 Å². The third-order valence-electron chi connectivity index (χ3n) is 2.85. The Morgan fingerprint density at radius 1 is 1.35 bits per heavy atom.